The number of aromatic nitrogens is 4. The van der Waals surface area contributed by atoms with Crippen molar-refractivity contribution in [2.24, 2.45) is 11.8 Å². The van der Waals surface area contributed by atoms with Crippen LogP contribution in [0.5, 0.6) is 0 Å². The number of halogens is 1. The number of hydrogen-bond acceptors (Lipinski definition) is 5. The normalized spacial score (nSPS) is 21.0. The molecule has 29 heavy (non-hydrogen) atoms. The van der Waals surface area contributed by atoms with E-state index in [1.54, 1.807) is 27.6 Å². The molecule has 2 aromatic heterocycles. The Hall–Kier alpha value is -3.23. The van der Waals surface area contributed by atoms with Crippen LogP contribution in [0.3, 0.4) is 0 Å². The van der Waals surface area contributed by atoms with Crippen LogP contribution in [0.4, 0.5) is 20.7 Å². The number of carbonyl (C=O) groups excluding carboxylic acids is 1. The fourth-order valence-electron chi connectivity index (χ4n) is 4.32. The van der Waals surface area contributed by atoms with Gasteiger partial charge >= 0.3 is 6.03 Å². The lowest BCUT2D eigenvalue weighted by atomic mass is 10.0. The Kier molecular flexibility index (Phi) is 4.30. The number of carbonyl (C=O) groups is 1. The Morgan fingerprint density at radius 1 is 1.10 bits per heavy atom. The van der Waals surface area contributed by atoms with Crippen LogP contribution in [0.25, 0.3) is 5.65 Å². The van der Waals surface area contributed by atoms with E-state index in [1.165, 1.54) is 6.07 Å². The molecule has 3 aromatic rings. The van der Waals surface area contributed by atoms with Crippen molar-refractivity contribution >= 4 is 23.2 Å². The maximum absolute atomic E-state index is 13.8. The molecular weight excluding hydrogens is 373 g/mol. The van der Waals surface area contributed by atoms with Crippen LogP contribution in [0.2, 0.25) is 0 Å². The zero-order valence-corrected chi connectivity index (χ0v) is 16.1. The minimum absolute atomic E-state index is 0.217. The Balaban J connectivity index is 1.25. The molecule has 2 aliphatic heterocycles. The van der Waals surface area contributed by atoms with Crippen molar-refractivity contribution < 1.29 is 9.18 Å². The van der Waals surface area contributed by atoms with Crippen molar-refractivity contribution in [1.82, 2.24) is 24.7 Å². The van der Waals surface area contributed by atoms with E-state index in [9.17, 15) is 9.18 Å². The molecule has 0 saturated carbocycles. The molecule has 2 fully saturated rings. The predicted octanol–water partition coefficient (Wildman–Crippen LogP) is 2.43. The van der Waals surface area contributed by atoms with Gasteiger partial charge in [0.25, 0.3) is 0 Å². The molecule has 2 saturated heterocycles. The number of anilines is 2. The molecule has 0 radical (unpaired) electrons. The maximum atomic E-state index is 13.8. The average molecular weight is 395 g/mol. The third-order valence-corrected chi connectivity index (χ3v) is 5.84. The second kappa shape index (κ2) is 6.98. The van der Waals surface area contributed by atoms with Crippen LogP contribution < -0.4 is 10.2 Å². The standard InChI is InChI=1S/C20H22FN7O/c1-2-17-23-24-18-7-8-19(25-28(17)18)26-9-13-11-27(12-14(13)10-26)20(29)22-16-6-4-3-5-15(16)21/h3-8,13-14H,2,9-12H2,1H3,(H,22,29). The molecule has 150 valence electrons. The average Bonchev–Trinajstić information content (AvgIpc) is 3.41. The van der Waals surface area contributed by atoms with E-state index in [-0.39, 0.29) is 11.7 Å². The molecule has 2 amide bonds. The Labute approximate surface area is 167 Å². The fraction of sp³-hybridized carbons (Fsp3) is 0.400. The number of rotatable bonds is 3. The topological polar surface area (TPSA) is 78.7 Å². The summed E-state index contributed by atoms with van der Waals surface area (Å²) in [6, 6.07) is 9.91. The van der Waals surface area contributed by atoms with Crippen LogP contribution in [0.1, 0.15) is 12.7 Å². The maximum Gasteiger partial charge on any atom is 0.321 e. The number of likely N-dealkylation sites (tertiary alicyclic amines) is 1. The predicted molar refractivity (Wildman–Crippen MR) is 106 cm³/mol. The Morgan fingerprint density at radius 3 is 2.59 bits per heavy atom. The summed E-state index contributed by atoms with van der Waals surface area (Å²) in [5.41, 5.74) is 0.968. The first kappa shape index (κ1) is 17.8. The highest BCUT2D eigenvalue weighted by atomic mass is 19.1. The summed E-state index contributed by atoms with van der Waals surface area (Å²) in [5.74, 6) is 2.09. The summed E-state index contributed by atoms with van der Waals surface area (Å²) in [5, 5.41) is 15.7. The first-order chi connectivity index (χ1) is 14.1. The molecule has 5 rings (SSSR count). The first-order valence-electron chi connectivity index (χ1n) is 9.89. The molecule has 0 spiro atoms. The lowest BCUT2D eigenvalue weighted by molar-refractivity contribution is 0.219. The number of fused-ring (bicyclic) bond motifs is 2. The molecule has 9 heteroatoms. The van der Waals surface area contributed by atoms with E-state index < -0.39 is 5.82 Å². The van der Waals surface area contributed by atoms with Crippen molar-refractivity contribution in [2.45, 2.75) is 13.3 Å². The molecule has 4 heterocycles. The van der Waals surface area contributed by atoms with Gasteiger partial charge in [0, 0.05) is 44.4 Å². The quantitative estimate of drug-likeness (QED) is 0.737. The molecule has 2 atom stereocenters. The Morgan fingerprint density at radius 2 is 1.86 bits per heavy atom. The lowest BCUT2D eigenvalue weighted by Gasteiger charge is -2.22. The zero-order chi connectivity index (χ0) is 20.0. The number of urea groups is 1. The molecule has 0 bridgehead atoms. The summed E-state index contributed by atoms with van der Waals surface area (Å²) in [4.78, 5) is 16.6. The fourth-order valence-corrected chi connectivity index (χ4v) is 4.32. The number of hydrogen-bond donors (Lipinski definition) is 1. The third kappa shape index (κ3) is 3.16. The number of aryl methyl sites for hydroxylation is 1. The highest BCUT2D eigenvalue weighted by molar-refractivity contribution is 5.89. The van der Waals surface area contributed by atoms with Gasteiger partial charge in [-0.3, -0.25) is 0 Å². The number of nitrogens with zero attached hydrogens (tertiary/aromatic N) is 6. The monoisotopic (exact) mass is 395 g/mol. The van der Waals surface area contributed by atoms with Crippen LogP contribution in [-0.2, 0) is 6.42 Å². The molecule has 1 aromatic carbocycles. The molecule has 8 nitrogen and oxygen atoms in total. The van der Waals surface area contributed by atoms with E-state index in [1.807, 2.05) is 19.1 Å². The van der Waals surface area contributed by atoms with Crippen LogP contribution in [0.15, 0.2) is 36.4 Å². The largest absolute Gasteiger partial charge is 0.354 e. The zero-order valence-electron chi connectivity index (χ0n) is 16.1. The molecular formula is C20H22FN7O. The van der Waals surface area contributed by atoms with Crippen molar-refractivity contribution in [3.8, 4) is 0 Å². The second-order valence-corrected chi connectivity index (χ2v) is 7.67. The van der Waals surface area contributed by atoms with Gasteiger partial charge in [-0.05, 0) is 24.3 Å². The molecule has 1 N–H and O–H groups in total. The van der Waals surface area contributed by atoms with Crippen LogP contribution in [0, 0.1) is 17.7 Å². The SMILES string of the molecule is CCc1nnc2ccc(N3CC4CN(C(=O)Nc5ccccc5F)CC4C3)nn12. The summed E-state index contributed by atoms with van der Waals surface area (Å²) in [7, 11) is 0. The van der Waals surface area contributed by atoms with Gasteiger partial charge in [-0.2, -0.15) is 4.52 Å². The van der Waals surface area contributed by atoms with Crippen molar-refractivity contribution in [3.63, 3.8) is 0 Å². The van der Waals surface area contributed by atoms with Crippen molar-refractivity contribution in [2.75, 3.05) is 36.4 Å². The number of nitrogens with one attached hydrogen (secondary N) is 1. The van der Waals surface area contributed by atoms with E-state index in [0.717, 1.165) is 36.8 Å². The third-order valence-electron chi connectivity index (χ3n) is 5.84. The Bertz CT molecular complexity index is 1050. The highest BCUT2D eigenvalue weighted by Crippen LogP contribution is 2.33. The van der Waals surface area contributed by atoms with Crippen molar-refractivity contribution in [3.05, 3.63) is 48.0 Å². The van der Waals surface area contributed by atoms with Crippen LogP contribution >= 0.6 is 0 Å². The molecule has 2 aliphatic rings. The smallest absolute Gasteiger partial charge is 0.321 e. The van der Waals surface area contributed by atoms with Gasteiger partial charge in [0.2, 0.25) is 0 Å². The minimum Gasteiger partial charge on any atom is -0.354 e. The van der Waals surface area contributed by atoms with E-state index in [0.29, 0.717) is 24.9 Å². The van der Waals surface area contributed by atoms with E-state index in [2.05, 4.69) is 20.4 Å². The first-order valence-corrected chi connectivity index (χ1v) is 9.89. The van der Waals surface area contributed by atoms with Gasteiger partial charge in [-0.15, -0.1) is 15.3 Å². The van der Waals surface area contributed by atoms with Gasteiger partial charge in [-0.25, -0.2) is 9.18 Å². The summed E-state index contributed by atoms with van der Waals surface area (Å²) in [6.45, 7) is 5.05. The van der Waals surface area contributed by atoms with E-state index in [4.69, 9.17) is 5.10 Å². The lowest BCUT2D eigenvalue weighted by Crippen LogP contribution is -2.36. The van der Waals surface area contributed by atoms with Gasteiger partial charge in [0.1, 0.15) is 11.6 Å². The van der Waals surface area contributed by atoms with Gasteiger partial charge < -0.3 is 15.1 Å². The second-order valence-electron chi connectivity index (χ2n) is 7.67. The summed E-state index contributed by atoms with van der Waals surface area (Å²) < 4.78 is 15.6. The highest BCUT2D eigenvalue weighted by Gasteiger charge is 2.42. The number of para-hydroxylation sites is 1. The molecule has 2 unspecified atom stereocenters. The van der Waals surface area contributed by atoms with E-state index >= 15 is 0 Å². The minimum atomic E-state index is -0.423. The number of benzene rings is 1. The molecule has 0 aliphatic carbocycles. The van der Waals surface area contributed by atoms with Gasteiger partial charge in [0.05, 0.1) is 5.69 Å². The van der Waals surface area contributed by atoms with Gasteiger partial charge in [-0.1, -0.05) is 19.1 Å². The van der Waals surface area contributed by atoms with Crippen molar-refractivity contribution in [1.29, 1.82) is 0 Å². The summed E-state index contributed by atoms with van der Waals surface area (Å²) in [6.07, 6.45) is 0.773. The number of amides is 2. The van der Waals surface area contributed by atoms with Gasteiger partial charge in [0.15, 0.2) is 11.5 Å². The van der Waals surface area contributed by atoms with Crippen LogP contribution in [-0.4, -0.2) is 56.9 Å². The summed E-state index contributed by atoms with van der Waals surface area (Å²) >= 11 is 0.